The van der Waals surface area contributed by atoms with Gasteiger partial charge in [-0.25, -0.2) is 4.39 Å². The van der Waals surface area contributed by atoms with Gasteiger partial charge in [-0.1, -0.05) is 12.1 Å². The second-order valence-corrected chi connectivity index (χ2v) is 4.75. The van der Waals surface area contributed by atoms with Crippen molar-refractivity contribution < 1.29 is 9.18 Å². The molecule has 3 nitrogen and oxygen atoms in total. The van der Waals surface area contributed by atoms with Gasteiger partial charge < -0.3 is 10.2 Å². The first-order chi connectivity index (χ1) is 9.56. The minimum Gasteiger partial charge on any atom is -0.378 e. The average Bonchev–Trinajstić information content (AvgIpc) is 2.45. The number of carbonyl (C=O) groups is 1. The summed E-state index contributed by atoms with van der Waals surface area (Å²) >= 11 is 0. The van der Waals surface area contributed by atoms with Crippen LogP contribution in [0.2, 0.25) is 0 Å². The van der Waals surface area contributed by atoms with Crippen LogP contribution in [0.15, 0.2) is 48.5 Å². The molecule has 1 N–H and O–H groups in total. The van der Waals surface area contributed by atoms with Crippen LogP contribution < -0.4 is 10.2 Å². The fraction of sp³-hybridized carbons (Fsp3) is 0.188. The summed E-state index contributed by atoms with van der Waals surface area (Å²) in [5, 5.41) is 2.77. The highest BCUT2D eigenvalue weighted by Gasteiger charge is 2.06. The Labute approximate surface area is 118 Å². The topological polar surface area (TPSA) is 32.3 Å². The average molecular weight is 272 g/mol. The highest BCUT2D eigenvalue weighted by Crippen LogP contribution is 2.12. The van der Waals surface area contributed by atoms with Crippen LogP contribution in [-0.4, -0.2) is 20.0 Å². The number of benzene rings is 2. The van der Waals surface area contributed by atoms with Crippen molar-refractivity contribution in [2.75, 3.05) is 19.0 Å². The number of halogens is 1. The summed E-state index contributed by atoms with van der Waals surface area (Å²) in [6.45, 7) is 0.312. The number of hydrogen-bond acceptors (Lipinski definition) is 2. The number of carbonyl (C=O) groups excluding carboxylic acids is 1. The normalized spacial score (nSPS) is 10.2. The molecule has 0 radical (unpaired) electrons. The van der Waals surface area contributed by atoms with Crippen molar-refractivity contribution in [3.05, 3.63) is 65.5 Å². The predicted molar refractivity (Wildman–Crippen MR) is 78.3 cm³/mol. The zero-order valence-corrected chi connectivity index (χ0v) is 11.6. The third kappa shape index (κ3) is 3.57. The molecular weight excluding hydrogens is 255 g/mol. The van der Waals surface area contributed by atoms with E-state index in [4.69, 9.17) is 0 Å². The van der Waals surface area contributed by atoms with Crippen molar-refractivity contribution in [1.29, 1.82) is 0 Å². The summed E-state index contributed by atoms with van der Waals surface area (Å²) in [5.41, 5.74) is 2.36. The molecule has 0 saturated heterocycles. The zero-order valence-electron chi connectivity index (χ0n) is 11.6. The van der Waals surface area contributed by atoms with Gasteiger partial charge in [-0.05, 0) is 42.0 Å². The van der Waals surface area contributed by atoms with Gasteiger partial charge in [0.15, 0.2) is 0 Å². The van der Waals surface area contributed by atoms with Crippen LogP contribution in [0.4, 0.5) is 10.1 Å². The lowest BCUT2D eigenvalue weighted by atomic mass is 10.1. The van der Waals surface area contributed by atoms with Crippen LogP contribution in [0, 0.1) is 5.82 Å². The predicted octanol–water partition coefficient (Wildman–Crippen LogP) is 2.82. The maximum absolute atomic E-state index is 13.0. The monoisotopic (exact) mass is 272 g/mol. The van der Waals surface area contributed by atoms with Gasteiger partial charge in [0.1, 0.15) is 5.82 Å². The van der Waals surface area contributed by atoms with E-state index in [1.807, 2.05) is 31.1 Å². The Hall–Kier alpha value is -2.36. The minimum atomic E-state index is -0.299. The standard InChI is InChI=1S/C16H17FN2O/c1-19(2)15-8-6-13(7-9-15)16(20)18-11-12-4-3-5-14(17)10-12/h3-10H,11H2,1-2H3,(H,18,20). The van der Waals surface area contributed by atoms with E-state index < -0.39 is 0 Å². The van der Waals surface area contributed by atoms with E-state index in [-0.39, 0.29) is 11.7 Å². The van der Waals surface area contributed by atoms with E-state index in [9.17, 15) is 9.18 Å². The number of amides is 1. The molecular formula is C16H17FN2O. The van der Waals surface area contributed by atoms with Gasteiger partial charge in [0.05, 0.1) is 0 Å². The molecule has 2 rings (SSSR count). The summed E-state index contributed by atoms with van der Waals surface area (Å²) in [5.74, 6) is -0.466. The molecule has 0 aliphatic rings. The van der Waals surface area contributed by atoms with Crippen LogP contribution in [0.25, 0.3) is 0 Å². The summed E-state index contributed by atoms with van der Waals surface area (Å²) in [4.78, 5) is 13.9. The second kappa shape index (κ2) is 6.19. The maximum Gasteiger partial charge on any atom is 0.251 e. The molecule has 2 aromatic carbocycles. The first-order valence-corrected chi connectivity index (χ1v) is 6.36. The van der Waals surface area contributed by atoms with Crippen molar-refractivity contribution in [3.63, 3.8) is 0 Å². The van der Waals surface area contributed by atoms with Gasteiger partial charge in [-0.15, -0.1) is 0 Å². The number of hydrogen-bond donors (Lipinski definition) is 1. The Balaban J connectivity index is 1.98. The van der Waals surface area contributed by atoms with Crippen LogP contribution in [0.5, 0.6) is 0 Å². The summed E-state index contributed by atoms with van der Waals surface area (Å²) in [6.07, 6.45) is 0. The number of nitrogens with zero attached hydrogens (tertiary/aromatic N) is 1. The zero-order chi connectivity index (χ0) is 14.5. The molecule has 0 bridgehead atoms. The highest BCUT2D eigenvalue weighted by molar-refractivity contribution is 5.94. The molecule has 0 heterocycles. The molecule has 0 fully saturated rings. The van der Waals surface area contributed by atoms with E-state index in [0.29, 0.717) is 12.1 Å². The third-order valence-electron chi connectivity index (χ3n) is 2.99. The number of rotatable bonds is 4. The lowest BCUT2D eigenvalue weighted by molar-refractivity contribution is 0.0951. The Morgan fingerprint density at radius 3 is 2.45 bits per heavy atom. The second-order valence-electron chi connectivity index (χ2n) is 4.75. The van der Waals surface area contributed by atoms with Gasteiger partial charge in [0.25, 0.3) is 5.91 Å². The van der Waals surface area contributed by atoms with E-state index in [1.54, 1.807) is 24.3 Å². The van der Waals surface area contributed by atoms with Gasteiger partial charge in [0.2, 0.25) is 0 Å². The minimum absolute atomic E-state index is 0.167. The van der Waals surface area contributed by atoms with E-state index >= 15 is 0 Å². The van der Waals surface area contributed by atoms with Crippen LogP contribution in [0.3, 0.4) is 0 Å². The van der Waals surface area contributed by atoms with Gasteiger partial charge in [-0.2, -0.15) is 0 Å². The smallest absolute Gasteiger partial charge is 0.251 e. The Kier molecular flexibility index (Phi) is 4.35. The highest BCUT2D eigenvalue weighted by atomic mass is 19.1. The fourth-order valence-electron chi connectivity index (χ4n) is 1.84. The molecule has 4 heteroatoms. The molecule has 0 unspecified atom stereocenters. The van der Waals surface area contributed by atoms with Gasteiger partial charge in [0, 0.05) is 31.9 Å². The maximum atomic E-state index is 13.0. The van der Waals surface area contributed by atoms with E-state index in [2.05, 4.69) is 5.32 Å². The fourth-order valence-corrected chi connectivity index (χ4v) is 1.84. The molecule has 0 aliphatic heterocycles. The van der Waals surface area contributed by atoms with Crippen LogP contribution in [0.1, 0.15) is 15.9 Å². The molecule has 20 heavy (non-hydrogen) atoms. The van der Waals surface area contributed by atoms with Crippen LogP contribution in [-0.2, 0) is 6.54 Å². The molecule has 0 aromatic heterocycles. The van der Waals surface area contributed by atoms with Crippen molar-refractivity contribution in [2.24, 2.45) is 0 Å². The Morgan fingerprint density at radius 2 is 1.85 bits per heavy atom. The molecule has 0 spiro atoms. The van der Waals surface area contributed by atoms with Gasteiger partial charge in [-0.3, -0.25) is 4.79 Å². The molecule has 104 valence electrons. The number of anilines is 1. The number of nitrogens with one attached hydrogen (secondary N) is 1. The quantitative estimate of drug-likeness (QED) is 0.928. The summed E-state index contributed by atoms with van der Waals surface area (Å²) in [7, 11) is 3.89. The largest absolute Gasteiger partial charge is 0.378 e. The molecule has 0 aliphatic carbocycles. The first kappa shape index (κ1) is 14.1. The lowest BCUT2D eigenvalue weighted by Gasteiger charge is -2.12. The van der Waals surface area contributed by atoms with Crippen molar-refractivity contribution in [1.82, 2.24) is 5.32 Å². The van der Waals surface area contributed by atoms with Crippen molar-refractivity contribution in [3.8, 4) is 0 Å². The lowest BCUT2D eigenvalue weighted by Crippen LogP contribution is -2.22. The SMILES string of the molecule is CN(C)c1ccc(C(=O)NCc2cccc(F)c2)cc1. The van der Waals surface area contributed by atoms with Crippen LogP contribution >= 0.6 is 0 Å². The summed E-state index contributed by atoms with van der Waals surface area (Å²) < 4.78 is 13.0. The Bertz CT molecular complexity index is 594. The van der Waals surface area contributed by atoms with E-state index in [0.717, 1.165) is 11.3 Å². The van der Waals surface area contributed by atoms with Crippen molar-refractivity contribution in [2.45, 2.75) is 6.54 Å². The van der Waals surface area contributed by atoms with Gasteiger partial charge >= 0.3 is 0 Å². The van der Waals surface area contributed by atoms with E-state index in [1.165, 1.54) is 12.1 Å². The molecule has 1 amide bonds. The molecule has 0 saturated carbocycles. The first-order valence-electron chi connectivity index (χ1n) is 6.36. The summed E-state index contributed by atoms with van der Waals surface area (Å²) in [6, 6.07) is 13.5. The third-order valence-corrected chi connectivity index (χ3v) is 2.99. The Morgan fingerprint density at radius 1 is 1.15 bits per heavy atom. The molecule has 2 aromatic rings. The molecule has 0 atom stereocenters. The van der Waals surface area contributed by atoms with Crippen molar-refractivity contribution >= 4 is 11.6 Å².